The molecule has 1 aliphatic heterocycles. The van der Waals surface area contributed by atoms with E-state index in [0.29, 0.717) is 6.04 Å². The van der Waals surface area contributed by atoms with Crippen LogP contribution in [0.1, 0.15) is 58.8 Å². The third-order valence-corrected chi connectivity index (χ3v) is 5.25. The smallest absolute Gasteiger partial charge is 0.0246 e. The second-order valence-corrected chi connectivity index (χ2v) is 6.18. The molecule has 1 aliphatic carbocycles. The molecule has 0 amide bonds. The lowest BCUT2D eigenvalue weighted by atomic mass is 9.77. The minimum absolute atomic E-state index is 0.630. The maximum absolute atomic E-state index is 6.06. The number of piperidine rings is 1. The molecule has 0 bridgehead atoms. The molecular weight excluding hydrogens is 208 g/mol. The summed E-state index contributed by atoms with van der Waals surface area (Å²) in [5.41, 5.74) is 6.06. The van der Waals surface area contributed by atoms with Gasteiger partial charge in [0.1, 0.15) is 0 Å². The highest BCUT2D eigenvalue weighted by Crippen LogP contribution is 2.37. The molecule has 2 N–H and O–H groups in total. The number of likely N-dealkylation sites (tertiary alicyclic amines) is 1. The normalized spacial score (nSPS) is 34.1. The summed E-state index contributed by atoms with van der Waals surface area (Å²) >= 11 is 0. The van der Waals surface area contributed by atoms with E-state index in [0.717, 1.165) is 24.4 Å². The Labute approximate surface area is 107 Å². The summed E-state index contributed by atoms with van der Waals surface area (Å²) in [5, 5.41) is 0. The summed E-state index contributed by atoms with van der Waals surface area (Å²) in [7, 11) is 0. The molecule has 1 heterocycles. The van der Waals surface area contributed by atoms with Gasteiger partial charge in [0.25, 0.3) is 0 Å². The van der Waals surface area contributed by atoms with Crippen LogP contribution in [0.5, 0.6) is 0 Å². The first-order chi connectivity index (χ1) is 8.27. The first kappa shape index (κ1) is 13.4. The van der Waals surface area contributed by atoms with Crippen molar-refractivity contribution in [3.63, 3.8) is 0 Å². The van der Waals surface area contributed by atoms with Gasteiger partial charge in [-0.15, -0.1) is 0 Å². The Morgan fingerprint density at radius 1 is 1.18 bits per heavy atom. The number of fused-ring (bicyclic) bond motifs is 1. The van der Waals surface area contributed by atoms with E-state index in [1.165, 1.54) is 51.5 Å². The van der Waals surface area contributed by atoms with Gasteiger partial charge in [-0.1, -0.05) is 33.1 Å². The summed E-state index contributed by atoms with van der Waals surface area (Å²) in [6.45, 7) is 6.82. The van der Waals surface area contributed by atoms with Crippen molar-refractivity contribution in [2.24, 2.45) is 17.6 Å². The molecule has 4 atom stereocenters. The van der Waals surface area contributed by atoms with Crippen molar-refractivity contribution in [3.8, 4) is 0 Å². The molecular formula is C15H30N2. The molecule has 0 aromatic heterocycles. The maximum Gasteiger partial charge on any atom is 0.0246 e. The Morgan fingerprint density at radius 3 is 2.59 bits per heavy atom. The van der Waals surface area contributed by atoms with Gasteiger partial charge < -0.3 is 5.73 Å². The molecule has 0 radical (unpaired) electrons. The zero-order valence-electron chi connectivity index (χ0n) is 11.7. The topological polar surface area (TPSA) is 29.3 Å². The van der Waals surface area contributed by atoms with Crippen LogP contribution in [0.4, 0.5) is 0 Å². The van der Waals surface area contributed by atoms with Crippen LogP contribution < -0.4 is 5.73 Å². The Hall–Kier alpha value is -0.0800. The average Bonchev–Trinajstić information content (AvgIpc) is 2.39. The van der Waals surface area contributed by atoms with Crippen LogP contribution in [0.2, 0.25) is 0 Å². The number of nitrogens with zero attached hydrogens (tertiary/aromatic N) is 1. The summed E-state index contributed by atoms with van der Waals surface area (Å²) < 4.78 is 0. The van der Waals surface area contributed by atoms with E-state index < -0.39 is 0 Å². The van der Waals surface area contributed by atoms with Gasteiger partial charge in [-0.25, -0.2) is 0 Å². The highest BCUT2D eigenvalue weighted by Gasteiger charge is 2.37. The third kappa shape index (κ3) is 2.85. The van der Waals surface area contributed by atoms with Gasteiger partial charge in [0, 0.05) is 18.6 Å². The third-order valence-electron chi connectivity index (χ3n) is 5.25. The first-order valence-corrected chi connectivity index (χ1v) is 7.73. The number of hydrogen-bond acceptors (Lipinski definition) is 2. The van der Waals surface area contributed by atoms with Gasteiger partial charge in [0.15, 0.2) is 0 Å². The lowest BCUT2D eigenvalue weighted by Gasteiger charge is -2.49. The molecule has 1 saturated heterocycles. The Morgan fingerprint density at radius 2 is 1.88 bits per heavy atom. The Bertz CT molecular complexity index is 225. The lowest BCUT2D eigenvalue weighted by Crippen LogP contribution is -2.55. The van der Waals surface area contributed by atoms with Crippen molar-refractivity contribution in [1.82, 2.24) is 4.90 Å². The molecule has 0 aromatic rings. The number of rotatable bonds is 4. The quantitative estimate of drug-likeness (QED) is 0.816. The molecule has 2 nitrogen and oxygen atoms in total. The van der Waals surface area contributed by atoms with Gasteiger partial charge in [-0.3, -0.25) is 4.90 Å². The predicted molar refractivity (Wildman–Crippen MR) is 74.0 cm³/mol. The van der Waals surface area contributed by atoms with E-state index in [9.17, 15) is 0 Å². The SMILES string of the molecule is CCC(C)C(CN)N1CCC[C@H]2CCCC[C@H]21. The number of nitrogens with two attached hydrogens (primary N) is 1. The molecule has 100 valence electrons. The second kappa shape index (κ2) is 6.19. The van der Waals surface area contributed by atoms with Gasteiger partial charge >= 0.3 is 0 Å². The van der Waals surface area contributed by atoms with Gasteiger partial charge in [-0.05, 0) is 44.1 Å². The van der Waals surface area contributed by atoms with Crippen LogP contribution >= 0.6 is 0 Å². The summed E-state index contributed by atoms with van der Waals surface area (Å²) in [6.07, 6.45) is 9.93. The largest absolute Gasteiger partial charge is 0.329 e. The van der Waals surface area contributed by atoms with E-state index in [1.54, 1.807) is 0 Å². The fourth-order valence-electron chi connectivity index (χ4n) is 4.04. The summed E-state index contributed by atoms with van der Waals surface area (Å²) in [4.78, 5) is 2.79. The summed E-state index contributed by atoms with van der Waals surface area (Å²) in [6, 6.07) is 1.49. The fourth-order valence-corrected chi connectivity index (χ4v) is 4.04. The van der Waals surface area contributed by atoms with Gasteiger partial charge in [-0.2, -0.15) is 0 Å². The van der Waals surface area contributed by atoms with Crippen molar-refractivity contribution >= 4 is 0 Å². The van der Waals surface area contributed by atoms with Crippen molar-refractivity contribution in [1.29, 1.82) is 0 Å². The van der Waals surface area contributed by atoms with Gasteiger partial charge in [0.05, 0.1) is 0 Å². The fraction of sp³-hybridized carbons (Fsp3) is 1.00. The van der Waals surface area contributed by atoms with Crippen molar-refractivity contribution < 1.29 is 0 Å². The first-order valence-electron chi connectivity index (χ1n) is 7.73. The van der Waals surface area contributed by atoms with Crippen LogP contribution in [-0.2, 0) is 0 Å². The molecule has 0 spiro atoms. The Balaban J connectivity index is 2.06. The lowest BCUT2D eigenvalue weighted by molar-refractivity contribution is 0.00990. The van der Waals surface area contributed by atoms with E-state index in [1.807, 2.05) is 0 Å². The van der Waals surface area contributed by atoms with Crippen LogP contribution in [0.15, 0.2) is 0 Å². The standard InChI is InChI=1S/C15H30N2/c1-3-12(2)15(11-16)17-10-6-8-13-7-4-5-9-14(13)17/h12-15H,3-11,16H2,1-2H3/t12?,13-,14-,15?/m1/s1. The molecule has 2 heteroatoms. The minimum atomic E-state index is 0.630. The van der Waals surface area contributed by atoms with Crippen LogP contribution in [0.25, 0.3) is 0 Å². The van der Waals surface area contributed by atoms with Crippen molar-refractivity contribution in [2.45, 2.75) is 70.9 Å². The molecule has 17 heavy (non-hydrogen) atoms. The zero-order valence-corrected chi connectivity index (χ0v) is 11.7. The molecule has 2 aliphatic rings. The van der Waals surface area contributed by atoms with E-state index in [-0.39, 0.29) is 0 Å². The van der Waals surface area contributed by atoms with Crippen LogP contribution in [0, 0.1) is 11.8 Å². The van der Waals surface area contributed by atoms with Crippen molar-refractivity contribution in [3.05, 3.63) is 0 Å². The van der Waals surface area contributed by atoms with E-state index in [2.05, 4.69) is 18.7 Å². The molecule has 2 fully saturated rings. The highest BCUT2D eigenvalue weighted by atomic mass is 15.2. The van der Waals surface area contributed by atoms with E-state index in [4.69, 9.17) is 5.73 Å². The Kier molecular flexibility index (Phi) is 4.87. The van der Waals surface area contributed by atoms with E-state index >= 15 is 0 Å². The highest BCUT2D eigenvalue weighted by molar-refractivity contribution is 4.92. The minimum Gasteiger partial charge on any atom is -0.329 e. The molecule has 2 unspecified atom stereocenters. The summed E-state index contributed by atoms with van der Waals surface area (Å²) in [5.74, 6) is 1.73. The van der Waals surface area contributed by atoms with Crippen LogP contribution in [-0.4, -0.2) is 30.1 Å². The number of hydrogen-bond donors (Lipinski definition) is 1. The van der Waals surface area contributed by atoms with Crippen LogP contribution in [0.3, 0.4) is 0 Å². The maximum atomic E-state index is 6.06. The average molecular weight is 238 g/mol. The van der Waals surface area contributed by atoms with Crippen molar-refractivity contribution in [2.75, 3.05) is 13.1 Å². The molecule has 1 saturated carbocycles. The zero-order chi connectivity index (χ0) is 12.3. The second-order valence-electron chi connectivity index (χ2n) is 6.18. The molecule has 0 aromatic carbocycles. The van der Waals surface area contributed by atoms with Gasteiger partial charge in [0.2, 0.25) is 0 Å². The predicted octanol–water partition coefficient (Wildman–Crippen LogP) is 3.01. The molecule has 2 rings (SSSR count). The monoisotopic (exact) mass is 238 g/mol.